The molecule has 0 fully saturated rings. The van der Waals surface area contributed by atoms with Gasteiger partial charge in [0, 0.05) is 19.4 Å². The van der Waals surface area contributed by atoms with Crippen LogP contribution in [0.1, 0.15) is 194 Å². The van der Waals surface area contributed by atoms with Gasteiger partial charge in [-0.3, -0.25) is 18.6 Å². The number of carbonyl (C=O) groups excluding carboxylic acids is 2. The van der Waals surface area contributed by atoms with E-state index in [4.69, 9.17) is 24.3 Å². The average Bonchev–Trinajstić information content (AvgIpc) is 3.22. The maximum absolute atomic E-state index is 12.6. The van der Waals surface area contributed by atoms with Crippen LogP contribution in [0.25, 0.3) is 0 Å². The molecule has 3 N–H and O–H groups in total. The van der Waals surface area contributed by atoms with Crippen LogP contribution in [0.5, 0.6) is 0 Å². The largest absolute Gasteiger partial charge is 0.472 e. The standard InChI is InChI=1S/C49H86NO8P/c1-3-5-7-9-11-13-15-17-19-21-22-23-24-26-27-29-31-33-35-37-39-41-48(51)55-45-47(46-57-59(53,54)56-44-43-50)58-49(52)42-40-38-36-34-32-30-28-25-20-18-16-14-12-10-8-6-4-2/h6,8,12,14,17-20,28,30,34,36,47H,3-5,7,9-11,13,15-16,21-27,29,31-33,35,37-46,50H2,1-2H3,(H,53,54)/b8-6-,14-12-,19-17-,20-18-,30-28-,36-34-/t47-/m1/s1. The van der Waals surface area contributed by atoms with Crippen molar-refractivity contribution in [3.05, 3.63) is 72.9 Å². The number of allylic oxidation sites excluding steroid dienone is 12. The number of rotatable bonds is 43. The number of carbonyl (C=O) groups is 2. The summed E-state index contributed by atoms with van der Waals surface area (Å²) < 4.78 is 32.8. The van der Waals surface area contributed by atoms with Gasteiger partial charge in [0.15, 0.2) is 6.10 Å². The van der Waals surface area contributed by atoms with Gasteiger partial charge in [0.25, 0.3) is 0 Å². The van der Waals surface area contributed by atoms with Crippen molar-refractivity contribution in [3.8, 4) is 0 Å². The Morgan fingerprint density at radius 1 is 0.525 bits per heavy atom. The topological polar surface area (TPSA) is 134 Å². The van der Waals surface area contributed by atoms with Gasteiger partial charge < -0.3 is 20.1 Å². The zero-order valence-electron chi connectivity index (χ0n) is 37.5. The lowest BCUT2D eigenvalue weighted by atomic mass is 10.0. The lowest BCUT2D eigenvalue weighted by Crippen LogP contribution is -2.29. The highest BCUT2D eigenvalue weighted by Gasteiger charge is 2.26. The van der Waals surface area contributed by atoms with Gasteiger partial charge in [-0.05, 0) is 77.0 Å². The van der Waals surface area contributed by atoms with Gasteiger partial charge in [-0.15, -0.1) is 0 Å². The van der Waals surface area contributed by atoms with Crippen molar-refractivity contribution in [2.45, 2.75) is 200 Å². The molecule has 0 aliphatic heterocycles. The zero-order chi connectivity index (χ0) is 43.2. The van der Waals surface area contributed by atoms with Crippen LogP contribution >= 0.6 is 7.82 Å². The lowest BCUT2D eigenvalue weighted by Gasteiger charge is -2.19. The first-order valence-electron chi connectivity index (χ1n) is 23.4. The number of unbranched alkanes of at least 4 members (excludes halogenated alkanes) is 18. The van der Waals surface area contributed by atoms with Crippen molar-refractivity contribution in [1.29, 1.82) is 0 Å². The summed E-state index contributed by atoms with van der Waals surface area (Å²) in [6.45, 7) is 3.55. The van der Waals surface area contributed by atoms with Gasteiger partial charge in [0.1, 0.15) is 6.61 Å². The van der Waals surface area contributed by atoms with Crippen molar-refractivity contribution in [3.63, 3.8) is 0 Å². The minimum atomic E-state index is -4.40. The Balaban J connectivity index is 4.17. The Kier molecular flexibility index (Phi) is 43.0. The number of ether oxygens (including phenoxy) is 2. The number of phosphoric ester groups is 1. The molecule has 0 saturated carbocycles. The van der Waals surface area contributed by atoms with Gasteiger partial charge in [0.05, 0.1) is 13.2 Å². The molecule has 0 spiro atoms. The Morgan fingerprint density at radius 2 is 0.949 bits per heavy atom. The normalized spacial score (nSPS) is 13.9. The van der Waals surface area contributed by atoms with Crippen molar-refractivity contribution in [1.82, 2.24) is 0 Å². The molecule has 0 bridgehead atoms. The predicted molar refractivity (Wildman–Crippen MR) is 247 cm³/mol. The van der Waals surface area contributed by atoms with Gasteiger partial charge in [-0.1, -0.05) is 177 Å². The first kappa shape index (κ1) is 56.5. The molecule has 10 heteroatoms. The maximum atomic E-state index is 12.6. The highest BCUT2D eigenvalue weighted by Crippen LogP contribution is 2.43. The lowest BCUT2D eigenvalue weighted by molar-refractivity contribution is -0.161. The maximum Gasteiger partial charge on any atom is 0.472 e. The minimum absolute atomic E-state index is 0.0414. The fraction of sp³-hybridized carbons (Fsp3) is 0.714. The summed E-state index contributed by atoms with van der Waals surface area (Å²) in [5.41, 5.74) is 5.35. The van der Waals surface area contributed by atoms with Crippen LogP contribution in [0.2, 0.25) is 0 Å². The molecule has 340 valence electrons. The van der Waals surface area contributed by atoms with Gasteiger partial charge in [-0.2, -0.15) is 0 Å². The van der Waals surface area contributed by atoms with Crippen LogP contribution in [-0.4, -0.2) is 49.3 Å². The zero-order valence-corrected chi connectivity index (χ0v) is 38.4. The molecule has 0 radical (unpaired) electrons. The third-order valence-corrected chi connectivity index (χ3v) is 10.6. The Labute approximate surface area is 361 Å². The minimum Gasteiger partial charge on any atom is -0.462 e. The van der Waals surface area contributed by atoms with Crippen molar-refractivity contribution in [2.75, 3.05) is 26.4 Å². The molecule has 9 nitrogen and oxygen atoms in total. The van der Waals surface area contributed by atoms with Crippen LogP contribution in [0.3, 0.4) is 0 Å². The molecule has 0 rings (SSSR count). The van der Waals surface area contributed by atoms with Crippen molar-refractivity contribution < 1.29 is 37.6 Å². The Hall–Kier alpha value is -2.55. The average molecular weight is 848 g/mol. The van der Waals surface area contributed by atoms with Gasteiger partial charge in [0.2, 0.25) is 0 Å². The Bertz CT molecular complexity index is 1190. The summed E-state index contributed by atoms with van der Waals surface area (Å²) in [4.78, 5) is 34.9. The number of phosphoric acid groups is 1. The third-order valence-electron chi connectivity index (χ3n) is 9.58. The molecular weight excluding hydrogens is 762 g/mol. The van der Waals surface area contributed by atoms with E-state index >= 15 is 0 Å². The fourth-order valence-corrected chi connectivity index (χ4v) is 6.90. The molecule has 59 heavy (non-hydrogen) atoms. The van der Waals surface area contributed by atoms with Crippen LogP contribution in [0.15, 0.2) is 72.9 Å². The SMILES string of the molecule is CC/C=C\C/C=C\C/C=C\C/C=C\C/C=C\CCCC(=O)O[C@H](COC(=O)CCCCCCCCCCCCC/C=C\CCCCCCCC)COP(=O)(O)OCCN. The molecule has 0 aliphatic carbocycles. The second kappa shape index (κ2) is 45.0. The van der Waals surface area contributed by atoms with E-state index in [1.165, 1.54) is 103 Å². The summed E-state index contributed by atoms with van der Waals surface area (Å²) in [5.74, 6) is -0.899. The molecule has 0 aliphatic rings. The van der Waals surface area contributed by atoms with Crippen LogP contribution in [0.4, 0.5) is 0 Å². The van der Waals surface area contributed by atoms with Gasteiger partial charge in [-0.25, -0.2) is 4.57 Å². The first-order chi connectivity index (χ1) is 28.8. The molecule has 0 heterocycles. The van der Waals surface area contributed by atoms with Crippen LogP contribution in [-0.2, 0) is 32.7 Å². The Morgan fingerprint density at radius 3 is 1.46 bits per heavy atom. The highest BCUT2D eigenvalue weighted by atomic mass is 31.2. The van der Waals surface area contributed by atoms with E-state index in [-0.39, 0.29) is 32.6 Å². The van der Waals surface area contributed by atoms with E-state index in [0.717, 1.165) is 51.4 Å². The molecule has 1 unspecified atom stereocenters. The van der Waals surface area contributed by atoms with Crippen molar-refractivity contribution in [2.24, 2.45) is 5.73 Å². The monoisotopic (exact) mass is 848 g/mol. The smallest absolute Gasteiger partial charge is 0.462 e. The highest BCUT2D eigenvalue weighted by molar-refractivity contribution is 7.47. The summed E-state index contributed by atoms with van der Waals surface area (Å²) in [5, 5.41) is 0. The summed E-state index contributed by atoms with van der Waals surface area (Å²) >= 11 is 0. The molecule has 0 aromatic carbocycles. The second-order valence-corrected chi connectivity index (χ2v) is 16.7. The fourth-order valence-electron chi connectivity index (χ4n) is 6.14. The molecule has 0 amide bonds. The quantitative estimate of drug-likeness (QED) is 0.0266. The number of hydrogen-bond donors (Lipinski definition) is 2. The molecule has 0 aromatic heterocycles. The molecule has 2 atom stereocenters. The van der Waals surface area contributed by atoms with Gasteiger partial charge >= 0.3 is 19.8 Å². The number of esters is 2. The van der Waals surface area contributed by atoms with Crippen LogP contribution < -0.4 is 5.73 Å². The van der Waals surface area contributed by atoms with E-state index in [1.807, 2.05) is 6.08 Å². The molecule has 0 aromatic rings. The predicted octanol–water partition coefficient (Wildman–Crippen LogP) is 13.8. The second-order valence-electron chi connectivity index (χ2n) is 15.2. The van der Waals surface area contributed by atoms with Crippen molar-refractivity contribution >= 4 is 19.8 Å². The van der Waals surface area contributed by atoms with E-state index in [1.54, 1.807) is 0 Å². The van der Waals surface area contributed by atoms with E-state index < -0.39 is 32.5 Å². The van der Waals surface area contributed by atoms with Crippen LogP contribution in [0, 0.1) is 0 Å². The number of hydrogen-bond acceptors (Lipinski definition) is 8. The third kappa shape index (κ3) is 44.8. The summed E-state index contributed by atoms with van der Waals surface area (Å²) in [6, 6.07) is 0. The first-order valence-corrected chi connectivity index (χ1v) is 24.9. The molecule has 0 saturated heterocycles. The van der Waals surface area contributed by atoms with E-state index in [0.29, 0.717) is 12.8 Å². The molecular formula is C49H86NO8P. The van der Waals surface area contributed by atoms with E-state index in [2.05, 4.69) is 80.7 Å². The van der Waals surface area contributed by atoms with E-state index in [9.17, 15) is 19.0 Å². The summed E-state index contributed by atoms with van der Waals surface area (Å²) in [7, 11) is -4.40. The summed E-state index contributed by atoms with van der Waals surface area (Å²) in [6.07, 6.45) is 55.2. The number of nitrogens with two attached hydrogens (primary N) is 1.